The molecule has 138 valence electrons. The van der Waals surface area contributed by atoms with Gasteiger partial charge in [0.05, 0.1) is 18.7 Å². The molecule has 0 radical (unpaired) electrons. The fourth-order valence-electron chi connectivity index (χ4n) is 3.07. The summed E-state index contributed by atoms with van der Waals surface area (Å²) in [7, 11) is 1.57. The van der Waals surface area contributed by atoms with Crippen molar-refractivity contribution in [3.8, 4) is 5.75 Å². The lowest BCUT2D eigenvalue weighted by Gasteiger charge is -2.37. The van der Waals surface area contributed by atoms with E-state index in [0.29, 0.717) is 24.5 Å². The summed E-state index contributed by atoms with van der Waals surface area (Å²) in [6.45, 7) is 5.26. The summed E-state index contributed by atoms with van der Waals surface area (Å²) in [5, 5.41) is 5.88. The Balaban J connectivity index is 1.98. The minimum atomic E-state index is -0.192. The van der Waals surface area contributed by atoms with Gasteiger partial charge in [0.25, 0.3) is 0 Å². The molecule has 25 heavy (non-hydrogen) atoms. The Labute approximate surface area is 149 Å². The highest BCUT2D eigenvalue weighted by atomic mass is 16.5. The number of hydrogen-bond acceptors (Lipinski definition) is 3. The molecule has 2 rings (SSSR count). The van der Waals surface area contributed by atoms with E-state index in [1.807, 2.05) is 19.1 Å². The number of nitrogens with one attached hydrogen (secondary N) is 2. The number of hydrogen-bond donors (Lipinski definition) is 2. The van der Waals surface area contributed by atoms with Gasteiger partial charge in [-0.15, -0.1) is 0 Å². The zero-order valence-corrected chi connectivity index (χ0v) is 15.4. The number of piperidine rings is 1. The first-order valence-corrected chi connectivity index (χ1v) is 9.05. The molecule has 3 amide bonds. The second kappa shape index (κ2) is 9.30. The number of anilines is 1. The molecule has 0 unspecified atom stereocenters. The summed E-state index contributed by atoms with van der Waals surface area (Å²) in [6.07, 6.45) is 3.67. The molecule has 2 N–H and O–H groups in total. The van der Waals surface area contributed by atoms with E-state index in [9.17, 15) is 9.59 Å². The van der Waals surface area contributed by atoms with Crippen LogP contribution in [0.25, 0.3) is 0 Å². The summed E-state index contributed by atoms with van der Waals surface area (Å²) in [6, 6.07) is 7.23. The van der Waals surface area contributed by atoms with Crippen molar-refractivity contribution >= 4 is 17.6 Å². The Bertz CT molecular complexity index is 591. The van der Waals surface area contributed by atoms with Crippen molar-refractivity contribution < 1.29 is 14.3 Å². The lowest BCUT2D eigenvalue weighted by atomic mass is 9.93. The van der Waals surface area contributed by atoms with Crippen molar-refractivity contribution in [3.05, 3.63) is 24.3 Å². The van der Waals surface area contributed by atoms with Crippen LogP contribution < -0.4 is 15.4 Å². The highest BCUT2D eigenvalue weighted by Gasteiger charge is 2.32. The zero-order chi connectivity index (χ0) is 18.2. The van der Waals surface area contributed by atoms with Crippen molar-refractivity contribution in [1.82, 2.24) is 10.2 Å². The van der Waals surface area contributed by atoms with E-state index in [0.717, 1.165) is 25.7 Å². The van der Waals surface area contributed by atoms with Gasteiger partial charge >= 0.3 is 6.03 Å². The van der Waals surface area contributed by atoms with Gasteiger partial charge in [0, 0.05) is 19.1 Å². The predicted molar refractivity (Wildman–Crippen MR) is 98.8 cm³/mol. The van der Waals surface area contributed by atoms with Gasteiger partial charge < -0.3 is 20.3 Å². The van der Waals surface area contributed by atoms with Crippen molar-refractivity contribution in [2.45, 2.75) is 45.6 Å². The number of likely N-dealkylation sites (tertiary alicyclic amines) is 1. The summed E-state index contributed by atoms with van der Waals surface area (Å²) >= 11 is 0. The SMILES string of the molecule is CCCCNC(=O)[C@H]1CC[C@H](C)N(C(=O)Nc2ccccc2OC)C1. The standard InChI is InChI=1S/C19H29N3O3/c1-4-5-12-20-18(23)15-11-10-14(2)22(13-15)19(24)21-16-8-6-7-9-17(16)25-3/h6-9,14-15H,4-5,10-13H2,1-3H3,(H,20,23)(H,21,24)/t14-,15-/m0/s1. The molecule has 1 aromatic carbocycles. The van der Waals surface area contributed by atoms with Gasteiger partial charge in [-0.3, -0.25) is 4.79 Å². The molecule has 1 saturated heterocycles. The molecule has 1 aliphatic heterocycles. The predicted octanol–water partition coefficient (Wildman–Crippen LogP) is 3.24. The third kappa shape index (κ3) is 5.11. The van der Waals surface area contributed by atoms with Crippen molar-refractivity contribution in [3.63, 3.8) is 0 Å². The Hall–Kier alpha value is -2.24. The molecular weight excluding hydrogens is 318 g/mol. The van der Waals surface area contributed by atoms with E-state index in [1.165, 1.54) is 0 Å². The number of amides is 3. The molecule has 0 spiro atoms. The van der Waals surface area contributed by atoms with Gasteiger partial charge in [-0.2, -0.15) is 0 Å². The number of para-hydroxylation sites is 2. The van der Waals surface area contributed by atoms with Crippen molar-refractivity contribution in [2.24, 2.45) is 5.92 Å². The Morgan fingerprint density at radius 3 is 2.76 bits per heavy atom. The first kappa shape index (κ1) is 19.1. The summed E-state index contributed by atoms with van der Waals surface area (Å²) in [5.74, 6) is 0.529. The van der Waals surface area contributed by atoms with E-state index in [4.69, 9.17) is 4.74 Å². The first-order chi connectivity index (χ1) is 12.1. The third-order valence-electron chi connectivity index (χ3n) is 4.69. The van der Waals surface area contributed by atoms with Crippen LogP contribution in [0.1, 0.15) is 39.5 Å². The van der Waals surface area contributed by atoms with Crippen LogP contribution in [0, 0.1) is 5.92 Å². The van der Waals surface area contributed by atoms with Crippen LogP contribution in [0.4, 0.5) is 10.5 Å². The number of ether oxygens (including phenoxy) is 1. The summed E-state index contributed by atoms with van der Waals surface area (Å²) in [5.41, 5.74) is 0.636. The van der Waals surface area contributed by atoms with Crippen LogP contribution >= 0.6 is 0 Å². The Kier molecular flexibility index (Phi) is 7.10. The zero-order valence-electron chi connectivity index (χ0n) is 15.4. The molecular formula is C19H29N3O3. The molecule has 0 aliphatic carbocycles. The first-order valence-electron chi connectivity index (χ1n) is 9.05. The van der Waals surface area contributed by atoms with E-state index in [1.54, 1.807) is 24.1 Å². The highest BCUT2D eigenvalue weighted by molar-refractivity contribution is 5.91. The van der Waals surface area contributed by atoms with E-state index in [2.05, 4.69) is 17.6 Å². The van der Waals surface area contributed by atoms with Gasteiger partial charge in [-0.05, 0) is 38.3 Å². The molecule has 1 aromatic rings. The maximum Gasteiger partial charge on any atom is 0.322 e. The molecule has 0 saturated carbocycles. The molecule has 0 bridgehead atoms. The van der Waals surface area contributed by atoms with Gasteiger partial charge in [0.2, 0.25) is 5.91 Å². The number of rotatable bonds is 6. The fraction of sp³-hybridized carbons (Fsp3) is 0.579. The lowest BCUT2D eigenvalue weighted by Crippen LogP contribution is -2.50. The third-order valence-corrected chi connectivity index (χ3v) is 4.69. The number of nitrogens with zero attached hydrogens (tertiary/aromatic N) is 1. The van der Waals surface area contributed by atoms with Crippen LogP contribution in [0.5, 0.6) is 5.75 Å². The van der Waals surface area contributed by atoms with Crippen LogP contribution in [-0.2, 0) is 4.79 Å². The van der Waals surface area contributed by atoms with Gasteiger partial charge in [-0.1, -0.05) is 25.5 Å². The Morgan fingerprint density at radius 1 is 1.28 bits per heavy atom. The maximum atomic E-state index is 12.7. The average molecular weight is 347 g/mol. The fourth-order valence-corrected chi connectivity index (χ4v) is 3.07. The number of carbonyl (C=O) groups excluding carboxylic acids is 2. The number of carbonyl (C=O) groups is 2. The lowest BCUT2D eigenvalue weighted by molar-refractivity contribution is -0.126. The largest absolute Gasteiger partial charge is 0.495 e. The van der Waals surface area contributed by atoms with Crippen LogP contribution in [-0.4, -0.2) is 43.1 Å². The molecule has 2 atom stereocenters. The molecule has 1 heterocycles. The van der Waals surface area contributed by atoms with Gasteiger partial charge in [0.1, 0.15) is 5.75 Å². The number of methoxy groups -OCH3 is 1. The second-order valence-corrected chi connectivity index (χ2v) is 6.55. The number of urea groups is 1. The molecule has 0 aromatic heterocycles. The van der Waals surface area contributed by atoms with Crippen molar-refractivity contribution in [2.75, 3.05) is 25.5 Å². The van der Waals surface area contributed by atoms with Gasteiger partial charge in [-0.25, -0.2) is 4.79 Å². The highest BCUT2D eigenvalue weighted by Crippen LogP contribution is 2.26. The van der Waals surface area contributed by atoms with E-state index in [-0.39, 0.29) is 23.9 Å². The molecule has 1 aliphatic rings. The van der Waals surface area contributed by atoms with Crippen molar-refractivity contribution in [1.29, 1.82) is 0 Å². The van der Waals surface area contributed by atoms with Crippen LogP contribution in [0.2, 0.25) is 0 Å². The van der Waals surface area contributed by atoms with E-state index >= 15 is 0 Å². The van der Waals surface area contributed by atoms with E-state index < -0.39 is 0 Å². The monoisotopic (exact) mass is 347 g/mol. The average Bonchev–Trinajstić information content (AvgIpc) is 2.62. The molecule has 6 heteroatoms. The minimum absolute atomic E-state index is 0.0513. The Morgan fingerprint density at radius 2 is 2.04 bits per heavy atom. The molecule has 1 fully saturated rings. The minimum Gasteiger partial charge on any atom is -0.495 e. The van der Waals surface area contributed by atoms with Crippen LogP contribution in [0.3, 0.4) is 0 Å². The quantitative estimate of drug-likeness (QED) is 0.776. The number of unbranched alkanes of at least 4 members (excludes halogenated alkanes) is 1. The second-order valence-electron chi connectivity index (χ2n) is 6.55. The smallest absolute Gasteiger partial charge is 0.322 e. The molecule has 6 nitrogen and oxygen atoms in total. The maximum absolute atomic E-state index is 12.7. The van der Waals surface area contributed by atoms with Crippen LogP contribution in [0.15, 0.2) is 24.3 Å². The summed E-state index contributed by atoms with van der Waals surface area (Å²) < 4.78 is 5.28. The van der Waals surface area contributed by atoms with Gasteiger partial charge in [0.15, 0.2) is 0 Å². The topological polar surface area (TPSA) is 70.7 Å². The number of benzene rings is 1. The summed E-state index contributed by atoms with van der Waals surface area (Å²) in [4.78, 5) is 26.8. The normalized spacial score (nSPS) is 20.0.